The van der Waals surface area contributed by atoms with Crippen molar-refractivity contribution < 1.29 is 13.2 Å². The maximum atomic E-state index is 12.3. The van der Waals surface area contributed by atoms with Gasteiger partial charge < -0.3 is 4.90 Å². The van der Waals surface area contributed by atoms with Crippen LogP contribution in [-0.2, 0) is 23.0 Å². The first-order chi connectivity index (χ1) is 14.6. The molecule has 0 aliphatic heterocycles. The quantitative estimate of drug-likeness (QED) is 0.487. The third kappa shape index (κ3) is 6.93. The Morgan fingerprint density at radius 1 is 1.03 bits per heavy atom. The van der Waals surface area contributed by atoms with Gasteiger partial charge in [0.05, 0.1) is 6.26 Å². The molecule has 2 aromatic carbocycles. The maximum absolute atomic E-state index is 12.3. The molecule has 1 amide bonds. The smallest absolute Gasteiger partial charge is 0.284 e. The molecule has 0 spiro atoms. The molecule has 3 aromatic rings. The van der Waals surface area contributed by atoms with Gasteiger partial charge >= 0.3 is 0 Å². The predicted molar refractivity (Wildman–Crippen MR) is 127 cm³/mol. The maximum Gasteiger partial charge on any atom is 0.284 e. The first kappa shape index (κ1) is 23.5. The van der Waals surface area contributed by atoms with Crippen LogP contribution in [0.1, 0.15) is 26.5 Å². The average Bonchev–Trinajstić information content (AvgIpc) is 3.08. The number of hydrogen-bond acceptors (Lipinski definition) is 6. The number of aromatic nitrogens is 1. The number of amides is 1. The summed E-state index contributed by atoms with van der Waals surface area (Å²) in [6, 6.07) is 15.2. The van der Waals surface area contributed by atoms with Crippen LogP contribution in [0, 0.1) is 6.92 Å². The molecule has 0 fully saturated rings. The van der Waals surface area contributed by atoms with Gasteiger partial charge in [-0.2, -0.15) is 0 Å². The molecular formula is C21H21Cl2N3O3S2. The number of benzene rings is 2. The lowest BCUT2D eigenvalue weighted by molar-refractivity contribution is 0.0977. The number of carbonyl (C=O) groups is 1. The van der Waals surface area contributed by atoms with Crippen LogP contribution in [0.4, 0.5) is 5.13 Å². The number of sulfonamides is 1. The lowest BCUT2D eigenvalue weighted by atomic mass is 10.1. The molecule has 164 valence electrons. The fourth-order valence-electron chi connectivity index (χ4n) is 2.91. The first-order valence-electron chi connectivity index (χ1n) is 9.34. The zero-order valence-corrected chi connectivity index (χ0v) is 20.1. The molecule has 1 aromatic heterocycles. The zero-order valence-electron chi connectivity index (χ0n) is 16.9. The second kappa shape index (κ2) is 9.99. The normalized spacial score (nSPS) is 11.4. The van der Waals surface area contributed by atoms with Crippen LogP contribution < -0.4 is 9.62 Å². The van der Waals surface area contributed by atoms with Crippen LogP contribution in [-0.4, -0.2) is 32.1 Å². The molecule has 0 unspecified atom stereocenters. The zero-order chi connectivity index (χ0) is 22.6. The van der Waals surface area contributed by atoms with Gasteiger partial charge in [0.25, 0.3) is 5.91 Å². The molecule has 0 saturated heterocycles. The summed E-state index contributed by atoms with van der Waals surface area (Å²) in [5, 5.41) is 1.97. The van der Waals surface area contributed by atoms with Crippen LogP contribution in [0.5, 0.6) is 0 Å². The number of nitrogens with one attached hydrogen (secondary N) is 1. The second-order valence-corrected chi connectivity index (χ2v) is 10.8. The number of thiazole rings is 1. The van der Waals surface area contributed by atoms with E-state index in [1.165, 1.54) is 11.3 Å². The van der Waals surface area contributed by atoms with Crippen LogP contribution in [0.25, 0.3) is 0 Å². The Hall–Kier alpha value is -2.13. The molecule has 0 atom stereocenters. The Kier molecular flexibility index (Phi) is 7.59. The number of anilines is 1. The van der Waals surface area contributed by atoms with Gasteiger partial charge in [-0.3, -0.25) is 4.79 Å². The lowest BCUT2D eigenvalue weighted by Crippen LogP contribution is -2.30. The second-order valence-electron chi connectivity index (χ2n) is 7.03. The number of rotatable bonds is 8. The van der Waals surface area contributed by atoms with E-state index in [2.05, 4.69) is 9.88 Å². The standard InChI is InChI=1S/C21H21Cl2N3O3S2/c1-14-19(20(27)25-31(2,28)29)24-21(30-14)26(13-16-5-9-18(23)10-6-16)12-11-15-3-7-17(22)8-4-15/h3-10H,11-13H2,1-2H3,(H,25,27). The highest BCUT2D eigenvalue weighted by molar-refractivity contribution is 7.89. The number of carbonyl (C=O) groups excluding carboxylic acids is 1. The number of hydrogen-bond donors (Lipinski definition) is 1. The van der Waals surface area contributed by atoms with Crippen molar-refractivity contribution in [2.24, 2.45) is 0 Å². The molecule has 0 saturated carbocycles. The molecule has 1 heterocycles. The Morgan fingerprint density at radius 2 is 1.58 bits per heavy atom. The molecule has 0 aliphatic carbocycles. The fourth-order valence-corrected chi connectivity index (χ4v) is 4.53. The van der Waals surface area contributed by atoms with Crippen LogP contribution in [0.2, 0.25) is 10.0 Å². The molecule has 1 N–H and O–H groups in total. The summed E-state index contributed by atoms with van der Waals surface area (Å²) in [7, 11) is -3.67. The minimum Gasteiger partial charge on any atom is -0.343 e. The average molecular weight is 498 g/mol. The third-order valence-corrected chi connectivity index (χ3v) is 6.51. The molecule has 6 nitrogen and oxygen atoms in total. The number of halogens is 2. The van der Waals surface area contributed by atoms with E-state index in [-0.39, 0.29) is 5.69 Å². The topological polar surface area (TPSA) is 79.4 Å². The fraction of sp³-hybridized carbons (Fsp3) is 0.238. The van der Waals surface area contributed by atoms with Gasteiger partial charge in [-0.25, -0.2) is 18.1 Å². The Morgan fingerprint density at radius 3 is 2.13 bits per heavy atom. The van der Waals surface area contributed by atoms with Gasteiger partial charge in [0.15, 0.2) is 5.13 Å². The van der Waals surface area contributed by atoms with Crippen molar-refractivity contribution in [1.29, 1.82) is 0 Å². The van der Waals surface area contributed by atoms with E-state index in [1.807, 2.05) is 53.3 Å². The van der Waals surface area contributed by atoms with Gasteiger partial charge in [-0.15, -0.1) is 11.3 Å². The van der Waals surface area contributed by atoms with Gasteiger partial charge in [0.2, 0.25) is 10.0 Å². The van der Waals surface area contributed by atoms with E-state index in [1.54, 1.807) is 6.92 Å². The molecule has 3 rings (SSSR count). The van der Waals surface area contributed by atoms with Gasteiger partial charge in [-0.1, -0.05) is 47.5 Å². The van der Waals surface area contributed by atoms with E-state index >= 15 is 0 Å². The monoisotopic (exact) mass is 497 g/mol. The number of aryl methyl sites for hydroxylation is 1. The summed E-state index contributed by atoms with van der Waals surface area (Å²) >= 11 is 13.3. The van der Waals surface area contributed by atoms with Crippen molar-refractivity contribution in [1.82, 2.24) is 9.71 Å². The highest BCUT2D eigenvalue weighted by Gasteiger charge is 2.21. The Bertz CT molecular complexity index is 1160. The Balaban J connectivity index is 1.85. The predicted octanol–water partition coefficient (Wildman–Crippen LogP) is 4.70. The van der Waals surface area contributed by atoms with Crippen molar-refractivity contribution in [3.63, 3.8) is 0 Å². The lowest BCUT2D eigenvalue weighted by Gasteiger charge is -2.22. The molecule has 0 aliphatic rings. The summed E-state index contributed by atoms with van der Waals surface area (Å²) in [4.78, 5) is 19.5. The third-order valence-electron chi connectivity index (χ3n) is 4.42. The first-order valence-corrected chi connectivity index (χ1v) is 12.8. The van der Waals surface area contributed by atoms with Crippen molar-refractivity contribution >= 4 is 55.6 Å². The highest BCUT2D eigenvalue weighted by atomic mass is 35.5. The van der Waals surface area contributed by atoms with Crippen molar-refractivity contribution in [2.75, 3.05) is 17.7 Å². The molecule has 0 radical (unpaired) electrons. The minimum absolute atomic E-state index is 0.109. The molecular weight excluding hydrogens is 477 g/mol. The van der Waals surface area contributed by atoms with Crippen LogP contribution >= 0.6 is 34.5 Å². The molecule has 0 bridgehead atoms. The SMILES string of the molecule is Cc1sc(N(CCc2ccc(Cl)cc2)Cc2ccc(Cl)cc2)nc1C(=O)NS(C)(=O)=O. The van der Waals surface area contributed by atoms with Crippen molar-refractivity contribution in [2.45, 2.75) is 19.9 Å². The van der Waals surface area contributed by atoms with Crippen molar-refractivity contribution in [3.8, 4) is 0 Å². The summed E-state index contributed by atoms with van der Waals surface area (Å²) < 4.78 is 24.8. The number of nitrogens with zero attached hydrogens (tertiary/aromatic N) is 2. The molecule has 31 heavy (non-hydrogen) atoms. The van der Waals surface area contributed by atoms with E-state index in [0.717, 1.165) is 23.8 Å². The minimum atomic E-state index is -3.67. The van der Waals surface area contributed by atoms with E-state index in [9.17, 15) is 13.2 Å². The van der Waals surface area contributed by atoms with E-state index in [4.69, 9.17) is 23.2 Å². The Labute approximate surface area is 195 Å². The highest BCUT2D eigenvalue weighted by Crippen LogP contribution is 2.28. The summed E-state index contributed by atoms with van der Waals surface area (Å²) in [6.07, 6.45) is 1.68. The van der Waals surface area contributed by atoms with Crippen LogP contribution in [0.3, 0.4) is 0 Å². The van der Waals surface area contributed by atoms with Gasteiger partial charge in [-0.05, 0) is 48.7 Å². The van der Waals surface area contributed by atoms with Gasteiger partial charge in [0, 0.05) is 28.0 Å². The summed E-state index contributed by atoms with van der Waals surface area (Å²) in [5.41, 5.74) is 2.27. The van der Waals surface area contributed by atoms with E-state index in [0.29, 0.717) is 33.1 Å². The summed E-state index contributed by atoms with van der Waals surface area (Å²) in [6.45, 7) is 2.95. The summed E-state index contributed by atoms with van der Waals surface area (Å²) in [5.74, 6) is -0.730. The van der Waals surface area contributed by atoms with Gasteiger partial charge in [0.1, 0.15) is 5.69 Å². The van der Waals surface area contributed by atoms with Crippen LogP contribution in [0.15, 0.2) is 48.5 Å². The van der Waals surface area contributed by atoms with E-state index < -0.39 is 15.9 Å². The largest absolute Gasteiger partial charge is 0.343 e. The molecule has 10 heteroatoms. The van der Waals surface area contributed by atoms with Crippen molar-refractivity contribution in [3.05, 3.63) is 80.3 Å².